The van der Waals surface area contributed by atoms with E-state index in [1.54, 1.807) is 18.4 Å². The number of ether oxygens (including phenoxy) is 1. The van der Waals surface area contributed by atoms with Gasteiger partial charge in [-0.1, -0.05) is 0 Å². The molecule has 0 radical (unpaired) electrons. The summed E-state index contributed by atoms with van der Waals surface area (Å²) in [5.74, 6) is 0.988. The lowest BCUT2D eigenvalue weighted by Crippen LogP contribution is -2.29. The quantitative estimate of drug-likeness (QED) is 0.848. The van der Waals surface area contributed by atoms with E-state index in [1.165, 1.54) is 6.07 Å². The first kappa shape index (κ1) is 11.1. The number of hydrogen-bond acceptors (Lipinski definition) is 3. The SMILES string of the molecule is Fc1ccc2c(c1)[C@@H]1OCC[C@@H]1[C@H](c1ccco1)N2. The van der Waals surface area contributed by atoms with Gasteiger partial charge in [-0.05, 0) is 36.8 Å². The zero-order valence-corrected chi connectivity index (χ0v) is 10.3. The van der Waals surface area contributed by atoms with Crippen molar-refractivity contribution >= 4 is 5.69 Å². The van der Waals surface area contributed by atoms with Crippen molar-refractivity contribution < 1.29 is 13.5 Å². The van der Waals surface area contributed by atoms with Crippen molar-refractivity contribution in [3.63, 3.8) is 0 Å². The molecule has 3 heterocycles. The molecule has 4 heteroatoms. The van der Waals surface area contributed by atoms with Gasteiger partial charge in [-0.15, -0.1) is 0 Å². The average molecular weight is 259 g/mol. The summed E-state index contributed by atoms with van der Waals surface area (Å²) in [5.41, 5.74) is 1.86. The highest BCUT2D eigenvalue weighted by molar-refractivity contribution is 5.56. The zero-order chi connectivity index (χ0) is 12.8. The molecule has 0 bridgehead atoms. The first-order chi connectivity index (χ1) is 9.33. The predicted molar refractivity (Wildman–Crippen MR) is 68.3 cm³/mol. The first-order valence-electron chi connectivity index (χ1n) is 6.54. The van der Waals surface area contributed by atoms with E-state index in [2.05, 4.69) is 5.32 Å². The molecule has 1 fully saturated rings. The van der Waals surface area contributed by atoms with Crippen LogP contribution in [-0.2, 0) is 4.74 Å². The Hall–Kier alpha value is -1.81. The topological polar surface area (TPSA) is 34.4 Å². The molecule has 3 nitrogen and oxygen atoms in total. The van der Waals surface area contributed by atoms with Crippen LogP contribution < -0.4 is 5.32 Å². The van der Waals surface area contributed by atoms with E-state index in [0.29, 0.717) is 12.5 Å². The summed E-state index contributed by atoms with van der Waals surface area (Å²) in [6, 6.07) is 8.78. The molecule has 0 aliphatic carbocycles. The minimum Gasteiger partial charge on any atom is -0.467 e. The second-order valence-electron chi connectivity index (χ2n) is 5.11. The summed E-state index contributed by atoms with van der Waals surface area (Å²) in [6.45, 7) is 0.712. The van der Waals surface area contributed by atoms with Crippen molar-refractivity contribution in [3.05, 3.63) is 53.7 Å². The standard InChI is InChI=1S/C15H14FNO2/c16-9-3-4-12-11(8-9)15-10(5-7-19-15)14(17-12)13-2-1-6-18-13/h1-4,6,8,10,14-15,17H,5,7H2/t10-,14-,15-/m1/s1. The molecule has 3 atom stereocenters. The van der Waals surface area contributed by atoms with Gasteiger partial charge >= 0.3 is 0 Å². The molecule has 0 unspecified atom stereocenters. The van der Waals surface area contributed by atoms with Gasteiger partial charge in [-0.2, -0.15) is 0 Å². The van der Waals surface area contributed by atoms with Gasteiger partial charge in [0.25, 0.3) is 0 Å². The molecule has 1 aromatic carbocycles. The minimum atomic E-state index is -0.216. The average Bonchev–Trinajstić information content (AvgIpc) is 3.09. The van der Waals surface area contributed by atoms with Crippen molar-refractivity contribution in [1.29, 1.82) is 0 Å². The number of rotatable bonds is 1. The maximum Gasteiger partial charge on any atom is 0.126 e. The molecule has 19 heavy (non-hydrogen) atoms. The Morgan fingerprint density at radius 1 is 1.26 bits per heavy atom. The summed E-state index contributed by atoms with van der Waals surface area (Å²) in [7, 11) is 0. The Kier molecular flexibility index (Phi) is 2.38. The molecule has 4 rings (SSSR count). The molecule has 2 aromatic rings. The third-order valence-corrected chi connectivity index (χ3v) is 4.05. The summed E-state index contributed by atoms with van der Waals surface area (Å²) >= 11 is 0. The first-order valence-corrected chi connectivity index (χ1v) is 6.54. The molecule has 0 amide bonds. The molecule has 0 saturated carbocycles. The van der Waals surface area contributed by atoms with Crippen LogP contribution in [0.2, 0.25) is 0 Å². The maximum absolute atomic E-state index is 13.4. The fourth-order valence-corrected chi connectivity index (χ4v) is 3.19. The minimum absolute atomic E-state index is 0.0398. The summed E-state index contributed by atoms with van der Waals surface area (Å²) in [6.07, 6.45) is 2.60. The Labute approximate surface area is 110 Å². The van der Waals surface area contributed by atoms with Gasteiger partial charge in [-0.3, -0.25) is 0 Å². The molecule has 98 valence electrons. The highest BCUT2D eigenvalue weighted by atomic mass is 19.1. The zero-order valence-electron chi connectivity index (χ0n) is 10.3. The van der Waals surface area contributed by atoms with Crippen molar-refractivity contribution in [2.45, 2.75) is 18.6 Å². The van der Waals surface area contributed by atoms with Crippen LogP contribution >= 0.6 is 0 Å². The number of nitrogens with one attached hydrogen (secondary N) is 1. The summed E-state index contributed by atoms with van der Waals surface area (Å²) in [5, 5.41) is 3.46. The Balaban J connectivity index is 1.80. The van der Waals surface area contributed by atoms with Gasteiger partial charge in [0.2, 0.25) is 0 Å². The van der Waals surface area contributed by atoms with Crippen molar-refractivity contribution in [1.82, 2.24) is 0 Å². The van der Waals surface area contributed by atoms with Crippen LogP contribution in [0, 0.1) is 11.7 Å². The molecule has 1 aromatic heterocycles. The fourth-order valence-electron chi connectivity index (χ4n) is 3.19. The normalized spacial score (nSPS) is 28.6. The van der Waals surface area contributed by atoms with E-state index in [1.807, 2.05) is 12.1 Å². The van der Waals surface area contributed by atoms with Crippen molar-refractivity contribution in [3.8, 4) is 0 Å². The lowest BCUT2D eigenvalue weighted by molar-refractivity contribution is 0.0805. The third-order valence-electron chi connectivity index (χ3n) is 4.05. The molecular weight excluding hydrogens is 245 g/mol. The smallest absolute Gasteiger partial charge is 0.126 e. The Bertz CT molecular complexity index is 596. The van der Waals surface area contributed by atoms with E-state index >= 15 is 0 Å². The molecular formula is C15H14FNO2. The Morgan fingerprint density at radius 2 is 2.21 bits per heavy atom. The fraction of sp³-hybridized carbons (Fsp3) is 0.333. The van der Waals surface area contributed by atoms with Crippen LogP contribution in [0.5, 0.6) is 0 Å². The van der Waals surface area contributed by atoms with Gasteiger partial charge < -0.3 is 14.5 Å². The van der Waals surface area contributed by atoms with E-state index in [0.717, 1.165) is 23.4 Å². The van der Waals surface area contributed by atoms with Gasteiger partial charge in [0.1, 0.15) is 11.6 Å². The highest BCUT2D eigenvalue weighted by Crippen LogP contribution is 2.49. The second kappa shape index (κ2) is 4.10. The van der Waals surface area contributed by atoms with Gasteiger partial charge in [0.15, 0.2) is 0 Å². The molecule has 1 saturated heterocycles. The molecule has 2 aliphatic rings. The van der Waals surface area contributed by atoms with Crippen LogP contribution in [0.15, 0.2) is 41.0 Å². The lowest BCUT2D eigenvalue weighted by Gasteiger charge is -2.35. The Morgan fingerprint density at radius 3 is 3.05 bits per heavy atom. The van der Waals surface area contributed by atoms with Crippen LogP contribution in [0.4, 0.5) is 10.1 Å². The number of benzene rings is 1. The van der Waals surface area contributed by atoms with E-state index in [4.69, 9.17) is 9.15 Å². The van der Waals surface area contributed by atoms with Gasteiger partial charge in [0.05, 0.1) is 18.4 Å². The highest BCUT2D eigenvalue weighted by Gasteiger charge is 2.42. The van der Waals surface area contributed by atoms with Crippen LogP contribution in [0.1, 0.15) is 29.9 Å². The number of fused-ring (bicyclic) bond motifs is 3. The number of furan rings is 1. The maximum atomic E-state index is 13.4. The second-order valence-corrected chi connectivity index (χ2v) is 5.11. The lowest BCUT2D eigenvalue weighted by atomic mass is 9.83. The van der Waals surface area contributed by atoms with Crippen LogP contribution in [0.3, 0.4) is 0 Å². The molecule has 1 N–H and O–H groups in total. The molecule has 2 aliphatic heterocycles. The van der Waals surface area contributed by atoms with E-state index in [-0.39, 0.29) is 18.0 Å². The van der Waals surface area contributed by atoms with Crippen LogP contribution in [-0.4, -0.2) is 6.61 Å². The number of hydrogen-bond donors (Lipinski definition) is 1. The third kappa shape index (κ3) is 1.67. The van der Waals surface area contributed by atoms with E-state index < -0.39 is 0 Å². The van der Waals surface area contributed by atoms with Crippen LogP contribution in [0.25, 0.3) is 0 Å². The van der Waals surface area contributed by atoms with Gasteiger partial charge in [-0.25, -0.2) is 4.39 Å². The van der Waals surface area contributed by atoms with Crippen molar-refractivity contribution in [2.24, 2.45) is 5.92 Å². The van der Waals surface area contributed by atoms with Crippen molar-refractivity contribution in [2.75, 3.05) is 11.9 Å². The monoisotopic (exact) mass is 259 g/mol. The summed E-state index contributed by atoms with van der Waals surface area (Å²) < 4.78 is 24.8. The molecule has 0 spiro atoms. The number of anilines is 1. The van der Waals surface area contributed by atoms with Gasteiger partial charge in [0, 0.05) is 23.8 Å². The largest absolute Gasteiger partial charge is 0.467 e. The summed E-state index contributed by atoms with van der Waals surface area (Å²) in [4.78, 5) is 0. The predicted octanol–water partition coefficient (Wildman–Crippen LogP) is 3.66. The van der Waals surface area contributed by atoms with E-state index in [9.17, 15) is 4.39 Å². The number of halogens is 1.